The maximum absolute atomic E-state index is 6.73. The molecule has 0 bridgehead atoms. The van der Waals surface area contributed by atoms with Crippen LogP contribution in [0.15, 0.2) is 447 Å². The summed E-state index contributed by atoms with van der Waals surface area (Å²) >= 11 is 0. The zero-order chi connectivity index (χ0) is 84.6. The second-order valence-corrected chi connectivity index (χ2v) is 35.9. The summed E-state index contributed by atoms with van der Waals surface area (Å²) in [4.78, 5) is 4.83. The Morgan fingerprint density at radius 1 is 0.230 bits per heavy atom. The van der Waals surface area contributed by atoms with E-state index in [9.17, 15) is 0 Å². The van der Waals surface area contributed by atoms with E-state index in [1.54, 1.807) is 0 Å². The Morgan fingerprint density at radius 3 is 1.15 bits per heavy atom. The first kappa shape index (κ1) is 75.8. The Balaban J connectivity index is 0.000000145. The monoisotopic (exact) mass is 1610 g/mol. The van der Waals surface area contributed by atoms with E-state index in [0.29, 0.717) is 5.92 Å². The normalized spacial score (nSPS) is 14.0. The van der Waals surface area contributed by atoms with Crippen LogP contribution in [-0.4, -0.2) is 0 Å². The molecular weight excluding hydrogens is 1520 g/mol. The fourth-order valence-corrected chi connectivity index (χ4v) is 22.2. The van der Waals surface area contributed by atoms with Gasteiger partial charge in [-0.2, -0.15) is 0 Å². The molecule has 126 heavy (non-hydrogen) atoms. The number of hydrogen-bond acceptors (Lipinski definition) is 3. The molecule has 0 N–H and O–H groups in total. The molecule has 1 heterocycles. The van der Waals surface area contributed by atoms with E-state index in [0.717, 1.165) is 56.1 Å². The summed E-state index contributed by atoms with van der Waals surface area (Å²) in [7, 11) is 0. The number of rotatable bonds is 14. The minimum atomic E-state index is -0.447. The van der Waals surface area contributed by atoms with E-state index in [4.69, 9.17) is 4.42 Å². The van der Waals surface area contributed by atoms with Gasteiger partial charge in [-0.3, -0.25) is 0 Å². The Bertz CT molecular complexity index is 7600. The predicted molar refractivity (Wildman–Crippen MR) is 527 cm³/mol. The van der Waals surface area contributed by atoms with E-state index in [1.165, 1.54) is 161 Å². The maximum atomic E-state index is 6.73. The third kappa shape index (κ3) is 11.8. The summed E-state index contributed by atoms with van der Waals surface area (Å²) in [5.74, 6) is 0.458. The first-order chi connectivity index (χ1) is 61.8. The zero-order valence-electron chi connectivity index (χ0n) is 71.5. The van der Waals surface area contributed by atoms with Crippen molar-refractivity contribution in [2.24, 2.45) is 0 Å². The molecule has 0 amide bonds. The molecule has 0 fully saturated rings. The van der Waals surface area contributed by atoms with E-state index in [2.05, 4.69) is 488 Å². The summed E-state index contributed by atoms with van der Waals surface area (Å²) in [6, 6.07) is 164. The van der Waals surface area contributed by atoms with Gasteiger partial charge in [0, 0.05) is 50.0 Å². The summed E-state index contributed by atoms with van der Waals surface area (Å²) in [5, 5.41) is 4.59. The topological polar surface area (TPSA) is 19.6 Å². The van der Waals surface area contributed by atoms with E-state index in [-0.39, 0.29) is 10.8 Å². The average molecular weight is 1610 g/mol. The molecule has 0 atom stereocenters. The number of hydrogen-bond donors (Lipinski definition) is 0. The number of furan rings is 1. The fraction of sp³-hybridized carbons (Fsp3) is 0.0894. The van der Waals surface area contributed by atoms with Gasteiger partial charge in [-0.05, 0) is 252 Å². The summed E-state index contributed by atoms with van der Waals surface area (Å²) in [6.45, 7) is 13.9. The van der Waals surface area contributed by atoms with Crippen molar-refractivity contribution in [1.29, 1.82) is 0 Å². The van der Waals surface area contributed by atoms with Gasteiger partial charge in [0.05, 0.1) is 16.5 Å². The van der Waals surface area contributed by atoms with Crippen LogP contribution < -0.4 is 9.80 Å². The van der Waals surface area contributed by atoms with Gasteiger partial charge in [-0.15, -0.1) is 0 Å². The number of nitrogens with zero attached hydrogens (tertiary/aromatic N) is 2. The van der Waals surface area contributed by atoms with E-state index in [1.807, 2.05) is 6.07 Å². The quantitative estimate of drug-likeness (QED) is 0.108. The molecular formula is C123H92N2O. The number of anilines is 6. The van der Waals surface area contributed by atoms with Gasteiger partial charge < -0.3 is 14.2 Å². The third-order valence-corrected chi connectivity index (χ3v) is 28.1. The van der Waals surface area contributed by atoms with Crippen molar-refractivity contribution in [3.05, 3.63) is 515 Å². The lowest BCUT2D eigenvalue weighted by Gasteiger charge is -2.34. The van der Waals surface area contributed by atoms with Crippen LogP contribution in [0.4, 0.5) is 34.1 Å². The standard InChI is InChI=1S/C62H43NO.C61H49N/c1-61(2)53-26-12-9-21-48(53)49-36-35-46(39-56(49)61)63(57-29-16-25-51-50-22-11-14-30-58(50)64-60(51)57)45-34-33-40-37-42(32-31-41(40)38-45)47-24-15-28-55-59(47)52-23-10-13-27-54(52)62(55,43-17-5-3-6-18-43)44-19-7-4-8-20-44;1-41(2)42-32-34-48(35-33-42)62(50-36-37-53-52-26-11-13-29-55(52)60(3,4)58(53)40-50)49-25-16-19-44(39-49)43-18-15-20-45(38-43)51-28-17-31-57-59(51)54-27-12-14-30-56(54)61(57,46-21-7-5-8-22-46)47-23-9-6-10-24-47/h3-39H,1-2H3;5-41H,1-4H3. The van der Waals surface area contributed by atoms with Crippen LogP contribution >= 0.6 is 0 Å². The molecule has 3 heteroatoms. The maximum Gasteiger partial charge on any atom is 0.159 e. The molecule has 3 nitrogen and oxygen atoms in total. The Kier molecular flexibility index (Phi) is 17.9. The van der Waals surface area contributed by atoms with E-state index >= 15 is 0 Å². The van der Waals surface area contributed by atoms with Gasteiger partial charge >= 0.3 is 0 Å². The second-order valence-electron chi connectivity index (χ2n) is 35.9. The van der Waals surface area contributed by atoms with Crippen molar-refractivity contribution >= 4 is 66.8 Å². The van der Waals surface area contributed by atoms with Crippen LogP contribution in [0.1, 0.15) is 120 Å². The van der Waals surface area contributed by atoms with Crippen LogP contribution in [0.3, 0.4) is 0 Å². The smallest absolute Gasteiger partial charge is 0.159 e. The van der Waals surface area contributed by atoms with Crippen LogP contribution in [0.5, 0.6) is 0 Å². The van der Waals surface area contributed by atoms with Gasteiger partial charge in [-0.25, -0.2) is 0 Å². The average Bonchev–Trinajstić information content (AvgIpc) is 1.53. The van der Waals surface area contributed by atoms with Crippen LogP contribution in [0.2, 0.25) is 0 Å². The molecule has 0 saturated carbocycles. The van der Waals surface area contributed by atoms with Crippen molar-refractivity contribution in [2.75, 3.05) is 9.80 Å². The van der Waals surface area contributed by atoms with Gasteiger partial charge in [0.15, 0.2) is 5.58 Å². The van der Waals surface area contributed by atoms with Gasteiger partial charge in [-0.1, -0.05) is 399 Å². The van der Waals surface area contributed by atoms with Crippen molar-refractivity contribution in [3.63, 3.8) is 0 Å². The Morgan fingerprint density at radius 2 is 0.603 bits per heavy atom. The number of benzene rings is 19. The van der Waals surface area contributed by atoms with Gasteiger partial charge in [0.2, 0.25) is 0 Å². The molecule has 24 rings (SSSR count). The fourth-order valence-electron chi connectivity index (χ4n) is 22.2. The molecule has 4 aliphatic rings. The summed E-state index contributed by atoms with van der Waals surface area (Å²) in [6.07, 6.45) is 0. The highest BCUT2D eigenvalue weighted by molar-refractivity contribution is 6.11. The predicted octanol–water partition coefficient (Wildman–Crippen LogP) is 32.8. The highest BCUT2D eigenvalue weighted by Crippen LogP contribution is 2.62. The molecule has 19 aromatic carbocycles. The highest BCUT2D eigenvalue weighted by atomic mass is 16.3. The Labute approximate surface area is 738 Å². The third-order valence-electron chi connectivity index (χ3n) is 28.1. The molecule has 0 spiro atoms. The van der Waals surface area contributed by atoms with Crippen molar-refractivity contribution < 1.29 is 4.42 Å². The zero-order valence-corrected chi connectivity index (χ0v) is 71.5. The first-order valence-corrected chi connectivity index (χ1v) is 44.4. The molecule has 20 aromatic rings. The highest BCUT2D eigenvalue weighted by Gasteiger charge is 2.49. The number of fused-ring (bicyclic) bond motifs is 16. The molecule has 1 aromatic heterocycles. The lowest BCUT2D eigenvalue weighted by molar-refractivity contribution is 0.660. The molecule has 600 valence electrons. The van der Waals surface area contributed by atoms with Gasteiger partial charge in [0.1, 0.15) is 5.58 Å². The van der Waals surface area contributed by atoms with Crippen LogP contribution in [-0.2, 0) is 21.7 Å². The molecule has 0 radical (unpaired) electrons. The van der Waals surface area contributed by atoms with Crippen molar-refractivity contribution in [1.82, 2.24) is 0 Å². The van der Waals surface area contributed by atoms with Gasteiger partial charge in [0.25, 0.3) is 0 Å². The molecule has 0 saturated heterocycles. The molecule has 0 unspecified atom stereocenters. The minimum Gasteiger partial charge on any atom is -0.454 e. The largest absolute Gasteiger partial charge is 0.454 e. The molecule has 0 aliphatic heterocycles. The second kappa shape index (κ2) is 29.8. The minimum absolute atomic E-state index is 0.0998. The van der Waals surface area contributed by atoms with Crippen molar-refractivity contribution in [2.45, 2.75) is 69.1 Å². The van der Waals surface area contributed by atoms with Crippen LogP contribution in [0, 0.1) is 0 Å². The SMILES string of the molecule is CC(C)c1ccc(N(c2cccc(-c3cccc(-c4cccc5c4-c4ccccc4C5(c4ccccc4)c4ccccc4)c3)c2)c2ccc3c(c2)C(C)(C)c2ccccc2-3)cc1.CC1(C)c2ccccc2-c2ccc(N(c3ccc4cc(-c5cccc6c5-c5ccccc5C6(c5ccccc5)c5ccccc5)ccc4c3)c3cccc4c3oc3ccccc34)cc21. The van der Waals surface area contributed by atoms with Crippen molar-refractivity contribution in [3.8, 4) is 77.9 Å². The first-order valence-electron chi connectivity index (χ1n) is 44.4. The lowest BCUT2D eigenvalue weighted by Crippen LogP contribution is -2.28. The summed E-state index contributed by atoms with van der Waals surface area (Å²) in [5.41, 5.74) is 42.2. The van der Waals surface area contributed by atoms with Crippen LogP contribution in [0.25, 0.3) is 111 Å². The lowest BCUT2D eigenvalue weighted by atomic mass is 9.67. The number of para-hydroxylation sites is 2. The van der Waals surface area contributed by atoms with E-state index < -0.39 is 10.8 Å². The summed E-state index contributed by atoms with van der Waals surface area (Å²) < 4.78 is 6.73. The Hall–Kier alpha value is -15.2. The molecule has 4 aliphatic carbocycles.